The zero-order chi connectivity index (χ0) is 16.2. The highest BCUT2D eigenvalue weighted by Gasteiger charge is 2.05. The minimum atomic E-state index is 0.0109. The Morgan fingerprint density at radius 3 is 2.64 bits per heavy atom. The summed E-state index contributed by atoms with van der Waals surface area (Å²) in [7, 11) is 3.36. The van der Waals surface area contributed by atoms with E-state index >= 15 is 0 Å². The van der Waals surface area contributed by atoms with Gasteiger partial charge in [-0.25, -0.2) is 0 Å². The number of carbonyl (C=O) groups is 1. The lowest BCUT2D eigenvalue weighted by atomic mass is 10.2. The number of amides is 1. The molecule has 0 spiro atoms. The van der Waals surface area contributed by atoms with E-state index in [0.717, 1.165) is 5.56 Å². The molecule has 0 aliphatic carbocycles. The average Bonchev–Trinajstić information content (AvgIpc) is 2.53. The number of guanidine groups is 1. The normalized spacial score (nSPS) is 12.6. The highest BCUT2D eigenvalue weighted by molar-refractivity contribution is 5.81. The van der Waals surface area contributed by atoms with Crippen LogP contribution in [0.1, 0.15) is 18.9 Å². The van der Waals surface area contributed by atoms with Crippen LogP contribution in [0.5, 0.6) is 0 Å². The third-order valence-corrected chi connectivity index (χ3v) is 3.00. The Hall–Kier alpha value is -2.08. The number of methoxy groups -OCH3 is 1. The SMILES string of the molecule is CN=C(NCCC(=O)NCc1ccccc1)NC(C)COC. The van der Waals surface area contributed by atoms with E-state index in [1.54, 1.807) is 14.2 Å². The van der Waals surface area contributed by atoms with Crippen LogP contribution in [-0.4, -0.2) is 45.2 Å². The van der Waals surface area contributed by atoms with E-state index in [1.807, 2.05) is 37.3 Å². The number of rotatable bonds is 8. The maximum Gasteiger partial charge on any atom is 0.222 e. The van der Waals surface area contributed by atoms with Gasteiger partial charge >= 0.3 is 0 Å². The molecule has 6 nitrogen and oxygen atoms in total. The molecule has 1 aromatic rings. The van der Waals surface area contributed by atoms with Gasteiger partial charge < -0.3 is 20.7 Å². The number of aliphatic imine (C=N–C) groups is 1. The van der Waals surface area contributed by atoms with Gasteiger partial charge in [0.2, 0.25) is 5.91 Å². The van der Waals surface area contributed by atoms with Crippen molar-refractivity contribution in [3.63, 3.8) is 0 Å². The fraction of sp³-hybridized carbons (Fsp3) is 0.500. The molecule has 0 aromatic heterocycles. The van der Waals surface area contributed by atoms with Crippen LogP contribution in [0.2, 0.25) is 0 Å². The first-order valence-electron chi connectivity index (χ1n) is 7.42. The number of hydrogen-bond acceptors (Lipinski definition) is 3. The Balaban J connectivity index is 2.20. The first-order chi connectivity index (χ1) is 10.7. The van der Waals surface area contributed by atoms with Crippen LogP contribution in [0.3, 0.4) is 0 Å². The molecule has 0 fully saturated rings. The number of carbonyl (C=O) groups excluding carboxylic acids is 1. The maximum absolute atomic E-state index is 11.8. The molecule has 0 saturated heterocycles. The smallest absolute Gasteiger partial charge is 0.222 e. The largest absolute Gasteiger partial charge is 0.383 e. The van der Waals surface area contributed by atoms with Crippen LogP contribution in [0.15, 0.2) is 35.3 Å². The highest BCUT2D eigenvalue weighted by atomic mass is 16.5. The summed E-state index contributed by atoms with van der Waals surface area (Å²) in [4.78, 5) is 15.9. The predicted molar refractivity (Wildman–Crippen MR) is 88.7 cm³/mol. The van der Waals surface area contributed by atoms with E-state index in [0.29, 0.717) is 32.1 Å². The summed E-state index contributed by atoms with van der Waals surface area (Å²) in [6.07, 6.45) is 0.395. The Kier molecular flexibility index (Phi) is 8.67. The van der Waals surface area contributed by atoms with Gasteiger partial charge in [-0.15, -0.1) is 0 Å². The van der Waals surface area contributed by atoms with Gasteiger partial charge in [-0.2, -0.15) is 0 Å². The van der Waals surface area contributed by atoms with Crippen molar-refractivity contribution in [2.45, 2.75) is 25.9 Å². The zero-order valence-corrected chi connectivity index (χ0v) is 13.6. The van der Waals surface area contributed by atoms with Gasteiger partial charge in [0.15, 0.2) is 5.96 Å². The molecular weight excluding hydrogens is 280 g/mol. The Bertz CT molecular complexity index is 462. The fourth-order valence-electron chi connectivity index (χ4n) is 1.90. The molecule has 0 aliphatic heterocycles. The quantitative estimate of drug-likeness (QED) is 0.493. The molecule has 0 heterocycles. The van der Waals surface area contributed by atoms with Crippen molar-refractivity contribution in [1.82, 2.24) is 16.0 Å². The molecule has 3 N–H and O–H groups in total. The van der Waals surface area contributed by atoms with Gasteiger partial charge in [0.25, 0.3) is 0 Å². The van der Waals surface area contributed by atoms with E-state index in [4.69, 9.17) is 4.74 Å². The van der Waals surface area contributed by atoms with Gasteiger partial charge in [-0.3, -0.25) is 9.79 Å². The molecule has 0 saturated carbocycles. The minimum Gasteiger partial charge on any atom is -0.383 e. The van der Waals surface area contributed by atoms with Crippen LogP contribution in [0, 0.1) is 0 Å². The molecule has 1 amide bonds. The van der Waals surface area contributed by atoms with E-state index < -0.39 is 0 Å². The van der Waals surface area contributed by atoms with E-state index in [2.05, 4.69) is 20.9 Å². The molecule has 0 aliphatic rings. The van der Waals surface area contributed by atoms with Crippen molar-refractivity contribution in [2.75, 3.05) is 27.3 Å². The van der Waals surface area contributed by atoms with Crippen molar-refractivity contribution >= 4 is 11.9 Å². The fourth-order valence-corrected chi connectivity index (χ4v) is 1.90. The summed E-state index contributed by atoms with van der Waals surface area (Å²) in [6, 6.07) is 10.0. The molecule has 1 rings (SSSR count). The summed E-state index contributed by atoms with van der Waals surface area (Å²) in [6.45, 7) is 3.68. The standard InChI is InChI=1S/C16H26N4O2/c1-13(12-22-3)20-16(17-2)18-10-9-15(21)19-11-14-7-5-4-6-8-14/h4-8,13H,9-12H2,1-3H3,(H,19,21)(H2,17,18,20). The maximum atomic E-state index is 11.8. The molecule has 1 aromatic carbocycles. The van der Waals surface area contributed by atoms with Crippen LogP contribution >= 0.6 is 0 Å². The van der Waals surface area contributed by atoms with E-state index in [-0.39, 0.29) is 11.9 Å². The summed E-state index contributed by atoms with van der Waals surface area (Å²) in [5, 5.41) is 9.18. The molecule has 1 atom stereocenters. The van der Waals surface area contributed by atoms with Crippen molar-refractivity contribution in [1.29, 1.82) is 0 Å². The van der Waals surface area contributed by atoms with Crippen LogP contribution in [0.4, 0.5) is 0 Å². The van der Waals surface area contributed by atoms with Gasteiger partial charge in [-0.1, -0.05) is 30.3 Å². The predicted octanol–water partition coefficient (Wildman–Crippen LogP) is 0.893. The second kappa shape index (κ2) is 10.6. The summed E-state index contributed by atoms with van der Waals surface area (Å²) >= 11 is 0. The Labute approximate surface area is 132 Å². The van der Waals surface area contributed by atoms with Crippen molar-refractivity contribution < 1.29 is 9.53 Å². The van der Waals surface area contributed by atoms with Gasteiger partial charge in [0, 0.05) is 39.7 Å². The lowest BCUT2D eigenvalue weighted by Gasteiger charge is -2.17. The van der Waals surface area contributed by atoms with Gasteiger partial charge in [0.1, 0.15) is 0 Å². The summed E-state index contributed by atoms with van der Waals surface area (Å²) in [5.74, 6) is 0.678. The lowest BCUT2D eigenvalue weighted by Crippen LogP contribution is -2.44. The van der Waals surface area contributed by atoms with Gasteiger partial charge in [-0.05, 0) is 12.5 Å². The Morgan fingerprint density at radius 1 is 1.27 bits per heavy atom. The molecule has 0 radical (unpaired) electrons. The third-order valence-electron chi connectivity index (χ3n) is 3.00. The van der Waals surface area contributed by atoms with Crippen LogP contribution in [0.25, 0.3) is 0 Å². The van der Waals surface area contributed by atoms with Crippen molar-refractivity contribution in [2.24, 2.45) is 4.99 Å². The molecule has 122 valence electrons. The minimum absolute atomic E-state index is 0.0109. The van der Waals surface area contributed by atoms with Crippen LogP contribution < -0.4 is 16.0 Å². The topological polar surface area (TPSA) is 74.8 Å². The zero-order valence-electron chi connectivity index (χ0n) is 13.6. The number of hydrogen-bond donors (Lipinski definition) is 3. The van der Waals surface area contributed by atoms with Crippen molar-refractivity contribution in [3.05, 3.63) is 35.9 Å². The molecule has 22 heavy (non-hydrogen) atoms. The Morgan fingerprint density at radius 2 is 2.00 bits per heavy atom. The molecule has 6 heteroatoms. The lowest BCUT2D eigenvalue weighted by molar-refractivity contribution is -0.121. The first-order valence-corrected chi connectivity index (χ1v) is 7.42. The van der Waals surface area contributed by atoms with Crippen LogP contribution in [-0.2, 0) is 16.1 Å². The molecule has 1 unspecified atom stereocenters. The second-order valence-electron chi connectivity index (χ2n) is 5.01. The summed E-state index contributed by atoms with van der Waals surface area (Å²) in [5.41, 5.74) is 1.09. The number of ether oxygens (including phenoxy) is 1. The summed E-state index contributed by atoms with van der Waals surface area (Å²) < 4.78 is 5.06. The average molecular weight is 306 g/mol. The van der Waals surface area contributed by atoms with E-state index in [9.17, 15) is 4.79 Å². The highest BCUT2D eigenvalue weighted by Crippen LogP contribution is 1.97. The third kappa shape index (κ3) is 7.64. The number of nitrogens with zero attached hydrogens (tertiary/aromatic N) is 1. The van der Waals surface area contributed by atoms with E-state index in [1.165, 1.54) is 0 Å². The molecular formula is C16H26N4O2. The van der Waals surface area contributed by atoms with Crippen molar-refractivity contribution in [3.8, 4) is 0 Å². The number of benzene rings is 1. The first kappa shape index (κ1) is 18.0. The number of nitrogens with one attached hydrogen (secondary N) is 3. The van der Waals surface area contributed by atoms with Gasteiger partial charge in [0.05, 0.1) is 6.61 Å². The second-order valence-corrected chi connectivity index (χ2v) is 5.01. The molecule has 0 bridgehead atoms. The monoisotopic (exact) mass is 306 g/mol.